The fourth-order valence-corrected chi connectivity index (χ4v) is 2.87. The van der Waals surface area contributed by atoms with Gasteiger partial charge < -0.3 is 10.2 Å². The van der Waals surface area contributed by atoms with Gasteiger partial charge >= 0.3 is 0 Å². The first kappa shape index (κ1) is 17.8. The third-order valence-corrected chi connectivity index (χ3v) is 4.38. The molecule has 23 heavy (non-hydrogen) atoms. The van der Waals surface area contributed by atoms with Crippen molar-refractivity contribution in [3.8, 4) is 0 Å². The van der Waals surface area contributed by atoms with Crippen LogP contribution < -0.4 is 5.32 Å². The molecule has 1 aromatic carbocycles. The van der Waals surface area contributed by atoms with Crippen LogP contribution >= 0.6 is 11.6 Å². The van der Waals surface area contributed by atoms with Crippen molar-refractivity contribution < 1.29 is 9.59 Å². The standard InChI is InChI=1S/C17H24ClN3O2/c1-3-7-19-16(22)13(2)20-8-10-21(11-9-20)17(23)14-5-4-6-15(18)12-14/h4-6,12-13H,3,7-11H2,1-2H3,(H,19,22). The van der Waals surface area contributed by atoms with E-state index >= 15 is 0 Å². The van der Waals surface area contributed by atoms with Crippen LogP contribution in [0.5, 0.6) is 0 Å². The zero-order valence-corrected chi connectivity index (χ0v) is 14.5. The van der Waals surface area contributed by atoms with Crippen LogP contribution in [0.2, 0.25) is 5.02 Å². The number of hydrogen-bond donors (Lipinski definition) is 1. The first-order chi connectivity index (χ1) is 11.0. The summed E-state index contributed by atoms with van der Waals surface area (Å²) in [6.45, 7) is 7.30. The van der Waals surface area contributed by atoms with Gasteiger partial charge in [-0.3, -0.25) is 14.5 Å². The number of halogens is 1. The van der Waals surface area contributed by atoms with Gasteiger partial charge in [0.05, 0.1) is 6.04 Å². The van der Waals surface area contributed by atoms with E-state index in [1.165, 1.54) is 0 Å². The summed E-state index contributed by atoms with van der Waals surface area (Å²) in [5, 5.41) is 3.49. The molecular weight excluding hydrogens is 314 g/mol. The summed E-state index contributed by atoms with van der Waals surface area (Å²) in [4.78, 5) is 28.4. The molecule has 5 nitrogen and oxygen atoms in total. The van der Waals surface area contributed by atoms with Crippen LogP contribution in [0.15, 0.2) is 24.3 Å². The average Bonchev–Trinajstić information content (AvgIpc) is 2.58. The third kappa shape index (κ3) is 4.69. The molecule has 0 saturated carbocycles. The molecule has 1 aliphatic rings. The van der Waals surface area contributed by atoms with Gasteiger partial charge in [-0.15, -0.1) is 0 Å². The van der Waals surface area contributed by atoms with Crippen LogP contribution in [0.4, 0.5) is 0 Å². The Morgan fingerprint density at radius 1 is 1.26 bits per heavy atom. The van der Waals surface area contributed by atoms with E-state index in [0.29, 0.717) is 43.3 Å². The maximum atomic E-state index is 12.5. The molecule has 0 aliphatic carbocycles. The lowest BCUT2D eigenvalue weighted by atomic mass is 10.1. The SMILES string of the molecule is CCCNC(=O)C(C)N1CCN(C(=O)c2cccc(Cl)c2)CC1. The molecule has 1 aromatic rings. The number of rotatable bonds is 5. The van der Waals surface area contributed by atoms with Gasteiger partial charge in [-0.05, 0) is 31.5 Å². The Morgan fingerprint density at radius 2 is 1.96 bits per heavy atom. The van der Waals surface area contributed by atoms with Gasteiger partial charge in [0.2, 0.25) is 5.91 Å². The van der Waals surface area contributed by atoms with Gasteiger partial charge in [0, 0.05) is 43.3 Å². The lowest BCUT2D eigenvalue weighted by molar-refractivity contribution is -0.126. The smallest absolute Gasteiger partial charge is 0.253 e. The van der Waals surface area contributed by atoms with Crippen molar-refractivity contribution in [2.45, 2.75) is 26.3 Å². The number of piperazine rings is 1. The first-order valence-corrected chi connectivity index (χ1v) is 8.47. The van der Waals surface area contributed by atoms with E-state index in [1.54, 1.807) is 24.3 Å². The van der Waals surface area contributed by atoms with Crippen molar-refractivity contribution in [2.24, 2.45) is 0 Å². The number of nitrogens with one attached hydrogen (secondary N) is 1. The van der Waals surface area contributed by atoms with Gasteiger partial charge in [0.25, 0.3) is 5.91 Å². The average molecular weight is 338 g/mol. The maximum Gasteiger partial charge on any atom is 0.253 e. The summed E-state index contributed by atoms with van der Waals surface area (Å²) < 4.78 is 0. The van der Waals surface area contributed by atoms with Crippen molar-refractivity contribution in [3.05, 3.63) is 34.9 Å². The van der Waals surface area contributed by atoms with E-state index in [0.717, 1.165) is 6.42 Å². The predicted molar refractivity (Wildman–Crippen MR) is 91.7 cm³/mol. The molecule has 0 bridgehead atoms. The van der Waals surface area contributed by atoms with Crippen LogP contribution in [0.25, 0.3) is 0 Å². The lowest BCUT2D eigenvalue weighted by Gasteiger charge is -2.37. The molecule has 2 rings (SSSR count). The predicted octanol–water partition coefficient (Wildman–Crippen LogP) is 2.01. The van der Waals surface area contributed by atoms with E-state index in [9.17, 15) is 9.59 Å². The summed E-state index contributed by atoms with van der Waals surface area (Å²) in [5.74, 6) is 0.0525. The van der Waals surface area contributed by atoms with Crippen LogP contribution in [0.3, 0.4) is 0 Å². The molecule has 1 atom stereocenters. The molecule has 126 valence electrons. The topological polar surface area (TPSA) is 52.7 Å². The molecule has 0 aromatic heterocycles. The largest absolute Gasteiger partial charge is 0.355 e. The Balaban J connectivity index is 1.88. The summed E-state index contributed by atoms with van der Waals surface area (Å²) >= 11 is 5.95. The van der Waals surface area contributed by atoms with Crippen LogP contribution in [0.1, 0.15) is 30.6 Å². The van der Waals surface area contributed by atoms with Crippen molar-refractivity contribution in [1.29, 1.82) is 0 Å². The Kier molecular flexibility index (Phi) is 6.42. The monoisotopic (exact) mass is 337 g/mol. The van der Waals surface area contributed by atoms with Gasteiger partial charge in [0.15, 0.2) is 0 Å². The Morgan fingerprint density at radius 3 is 2.57 bits per heavy atom. The fourth-order valence-electron chi connectivity index (χ4n) is 2.68. The van der Waals surface area contributed by atoms with Gasteiger partial charge in [-0.25, -0.2) is 0 Å². The van der Waals surface area contributed by atoms with Crippen LogP contribution in [-0.2, 0) is 4.79 Å². The number of benzene rings is 1. The van der Waals surface area contributed by atoms with Crippen molar-refractivity contribution in [1.82, 2.24) is 15.1 Å². The minimum absolute atomic E-state index is 0.00441. The molecule has 1 heterocycles. The molecule has 0 spiro atoms. The number of carbonyl (C=O) groups is 2. The number of amides is 2. The summed E-state index contributed by atoms with van der Waals surface area (Å²) in [6.07, 6.45) is 0.931. The summed E-state index contributed by atoms with van der Waals surface area (Å²) in [6, 6.07) is 6.85. The number of hydrogen-bond acceptors (Lipinski definition) is 3. The minimum atomic E-state index is -0.162. The highest BCUT2D eigenvalue weighted by atomic mass is 35.5. The van der Waals surface area contributed by atoms with E-state index in [-0.39, 0.29) is 17.9 Å². The second-order valence-electron chi connectivity index (χ2n) is 5.81. The Bertz CT molecular complexity index is 557. The summed E-state index contributed by atoms with van der Waals surface area (Å²) in [7, 11) is 0. The molecular formula is C17H24ClN3O2. The van der Waals surface area contributed by atoms with Crippen molar-refractivity contribution in [2.75, 3.05) is 32.7 Å². The first-order valence-electron chi connectivity index (χ1n) is 8.09. The highest BCUT2D eigenvalue weighted by molar-refractivity contribution is 6.30. The normalized spacial score (nSPS) is 16.9. The summed E-state index contributed by atoms with van der Waals surface area (Å²) in [5.41, 5.74) is 0.611. The van der Waals surface area contributed by atoms with Crippen LogP contribution in [-0.4, -0.2) is 60.4 Å². The van der Waals surface area contributed by atoms with Gasteiger partial charge in [-0.1, -0.05) is 24.6 Å². The maximum absolute atomic E-state index is 12.5. The van der Waals surface area contributed by atoms with Gasteiger partial charge in [0.1, 0.15) is 0 Å². The molecule has 1 saturated heterocycles. The second kappa shape index (κ2) is 8.31. The minimum Gasteiger partial charge on any atom is -0.355 e. The Labute approximate surface area is 142 Å². The van der Waals surface area contributed by atoms with E-state index < -0.39 is 0 Å². The van der Waals surface area contributed by atoms with E-state index in [2.05, 4.69) is 10.2 Å². The third-order valence-electron chi connectivity index (χ3n) is 4.15. The molecule has 0 radical (unpaired) electrons. The molecule has 1 N–H and O–H groups in total. The quantitative estimate of drug-likeness (QED) is 0.894. The molecule has 6 heteroatoms. The fraction of sp³-hybridized carbons (Fsp3) is 0.529. The van der Waals surface area contributed by atoms with Crippen LogP contribution in [0, 0.1) is 0 Å². The van der Waals surface area contributed by atoms with Crippen molar-refractivity contribution in [3.63, 3.8) is 0 Å². The Hall–Kier alpha value is -1.59. The number of carbonyl (C=O) groups excluding carboxylic acids is 2. The van der Waals surface area contributed by atoms with Gasteiger partial charge in [-0.2, -0.15) is 0 Å². The molecule has 1 unspecified atom stereocenters. The molecule has 1 aliphatic heterocycles. The highest BCUT2D eigenvalue weighted by Gasteiger charge is 2.27. The van der Waals surface area contributed by atoms with Crippen molar-refractivity contribution >= 4 is 23.4 Å². The number of nitrogens with zero attached hydrogens (tertiary/aromatic N) is 2. The van der Waals surface area contributed by atoms with E-state index in [4.69, 9.17) is 11.6 Å². The molecule has 2 amide bonds. The van der Waals surface area contributed by atoms with E-state index in [1.807, 2.05) is 18.7 Å². The zero-order valence-electron chi connectivity index (χ0n) is 13.7. The molecule has 1 fully saturated rings. The lowest BCUT2D eigenvalue weighted by Crippen LogP contribution is -2.55. The zero-order chi connectivity index (χ0) is 16.8. The second-order valence-corrected chi connectivity index (χ2v) is 6.24. The highest BCUT2D eigenvalue weighted by Crippen LogP contribution is 2.15.